The molecule has 0 spiro atoms. The summed E-state index contributed by atoms with van der Waals surface area (Å²) in [7, 11) is 0. The lowest BCUT2D eigenvalue weighted by Gasteiger charge is -2.24. The van der Waals surface area contributed by atoms with E-state index in [-0.39, 0.29) is 89.4 Å². The van der Waals surface area contributed by atoms with Crippen LogP contribution in [0.25, 0.3) is 33.4 Å². The average Bonchev–Trinajstić information content (AvgIpc) is 1.61. The van der Waals surface area contributed by atoms with Gasteiger partial charge in [0.25, 0.3) is 11.8 Å². The third-order valence-electron chi connectivity index (χ3n) is 19.3. The maximum absolute atomic E-state index is 14.2. The number of benzene rings is 6. The van der Waals surface area contributed by atoms with E-state index >= 15 is 0 Å². The molecule has 0 aliphatic carbocycles. The van der Waals surface area contributed by atoms with E-state index in [2.05, 4.69) is 16.7 Å². The van der Waals surface area contributed by atoms with Crippen molar-refractivity contribution in [1.29, 1.82) is 5.26 Å². The number of carbonyl (C=O) groups is 8. The molecule has 6 heterocycles. The van der Waals surface area contributed by atoms with Gasteiger partial charge in [0.15, 0.2) is 52.2 Å². The summed E-state index contributed by atoms with van der Waals surface area (Å²) in [5.74, 6) is -9.86. The van der Waals surface area contributed by atoms with Gasteiger partial charge in [-0.3, -0.25) is 9.59 Å². The Morgan fingerprint density at radius 1 is 0.408 bits per heavy atom. The second-order valence-corrected chi connectivity index (χ2v) is 34.9. The Hall–Kier alpha value is -13.2. The van der Waals surface area contributed by atoms with Crippen LogP contribution in [-0.4, -0.2) is 162 Å². The minimum absolute atomic E-state index is 0.0399. The first-order valence-electron chi connectivity index (χ1n) is 40.6. The highest BCUT2D eigenvalue weighted by molar-refractivity contribution is 6.11. The molecule has 3 N–H and O–H groups in total. The summed E-state index contributed by atoms with van der Waals surface area (Å²) in [5.41, 5.74) is -0.261. The smallest absolute Gasteiger partial charge is 0.410 e. The molecule has 3 aromatic heterocycles. The molecule has 6 aromatic carbocycles. The number of nitriles is 1. The molecule has 125 heavy (non-hydrogen) atoms. The van der Waals surface area contributed by atoms with Crippen LogP contribution in [0.15, 0.2) is 146 Å². The number of carboxylic acid groups (broad SMARTS) is 1. The standard InChI is InChI=1S/C33H39F2N3O6.C31H35F2N3O6.C29H29F2N3O5/c1-8-42-30(40)27-26(29(39)36-32(2,3)4)23(19-38(27)21-16-17-37(18-21)31(41)44-33(5,6)7)20-12-14-22(15-13-20)43-28-24(34)10-9-11-25(28)35;1-30(2,3)34-27(37)24-21(18-10-12-20(13-11-18)41-26-22(32)8-7-9-23(26)33)17-36(25(24)28(38)39)19-14-15-35(16-19)29(40)42-31(4,5)6;1-5-37-27(35)25-21(15-32)22(17-34(25)19-13-14-33(16-19)28(36)39-29(2,3)4)18-9-11-20(12-10-18)38-26-23(30)7-6-8-24(26)31/h9-15,19,21H,8,16-18H2,1-7H3,(H,36,39);7-13,17,19H,14-16H2,1-6H3,(H,34,37)(H,38,39);6-12,17,19H,5,13-14,16H2,1-4H3/t21-;2*19-/m111/s1. The first-order chi connectivity index (χ1) is 58.6. The third-order valence-corrected chi connectivity index (χ3v) is 19.3. The summed E-state index contributed by atoms with van der Waals surface area (Å²) >= 11 is 0. The molecule has 12 rings (SSSR count). The fraction of sp³-hybridized carbons (Fsp3) is 0.387. The van der Waals surface area contributed by atoms with Crippen LogP contribution >= 0.6 is 0 Å². The van der Waals surface area contributed by atoms with Crippen molar-refractivity contribution in [1.82, 2.24) is 39.0 Å². The van der Waals surface area contributed by atoms with Crippen LogP contribution in [0.5, 0.6) is 34.5 Å². The quantitative estimate of drug-likeness (QED) is 0.0385. The second-order valence-electron chi connectivity index (χ2n) is 34.9. The van der Waals surface area contributed by atoms with Crippen LogP contribution in [0.1, 0.15) is 213 Å². The molecule has 0 radical (unpaired) electrons. The lowest BCUT2D eigenvalue weighted by Crippen LogP contribution is -2.41. The maximum atomic E-state index is 14.2. The molecule has 3 fully saturated rings. The highest BCUT2D eigenvalue weighted by Crippen LogP contribution is 2.42. The molecule has 3 saturated heterocycles. The predicted octanol–water partition coefficient (Wildman–Crippen LogP) is 20.2. The van der Waals surface area contributed by atoms with Crippen LogP contribution in [0.2, 0.25) is 0 Å². The summed E-state index contributed by atoms with van der Waals surface area (Å²) in [4.78, 5) is 109. The van der Waals surface area contributed by atoms with Gasteiger partial charge in [0.2, 0.25) is 0 Å². The number of nitrogens with zero attached hydrogens (tertiary/aromatic N) is 7. The normalized spacial score (nSPS) is 15.2. The van der Waals surface area contributed by atoms with Crippen LogP contribution < -0.4 is 24.8 Å². The molecule has 3 aliphatic heterocycles. The zero-order valence-electron chi connectivity index (χ0n) is 72.7. The second kappa shape index (κ2) is 38.7. The average molecular weight is 1730 g/mol. The molecule has 32 heteroatoms. The Labute approximate surface area is 720 Å². The van der Waals surface area contributed by atoms with Crippen LogP contribution in [0.4, 0.5) is 40.7 Å². The number of carboxylic acids is 1. The van der Waals surface area contributed by atoms with Crippen LogP contribution in [0, 0.1) is 46.2 Å². The van der Waals surface area contributed by atoms with Gasteiger partial charge in [-0.05, 0) is 226 Å². The van der Waals surface area contributed by atoms with Gasteiger partial charge >= 0.3 is 36.2 Å². The summed E-state index contributed by atoms with van der Waals surface area (Å²) < 4.78 is 133. The van der Waals surface area contributed by atoms with Crippen LogP contribution in [0.3, 0.4) is 0 Å². The third kappa shape index (κ3) is 23.8. The molecule has 0 saturated carbocycles. The summed E-state index contributed by atoms with van der Waals surface area (Å²) in [6.45, 7) is 32.4. The number of ether oxygens (including phenoxy) is 8. The Bertz CT molecular complexity index is 5470. The molecule has 5 amide bonds. The first-order valence-corrected chi connectivity index (χ1v) is 40.6. The number of esters is 2. The summed E-state index contributed by atoms with van der Waals surface area (Å²) in [6, 6.07) is 30.0. The molecule has 9 aromatic rings. The lowest BCUT2D eigenvalue weighted by atomic mass is 10.0. The van der Waals surface area contributed by atoms with Crippen molar-refractivity contribution in [2.75, 3.05) is 52.5 Å². The van der Waals surface area contributed by atoms with Crippen LogP contribution in [-0.2, 0) is 23.7 Å². The highest BCUT2D eigenvalue weighted by atomic mass is 19.2. The molecule has 3 atom stereocenters. The lowest BCUT2D eigenvalue weighted by molar-refractivity contribution is 0.0278. The monoisotopic (exact) mass is 1730 g/mol. The van der Waals surface area contributed by atoms with Gasteiger partial charge in [0.05, 0.1) is 48.0 Å². The Balaban J connectivity index is 0.000000196. The van der Waals surface area contributed by atoms with Gasteiger partial charge in [0, 0.05) is 85.6 Å². The zero-order valence-corrected chi connectivity index (χ0v) is 72.7. The van der Waals surface area contributed by atoms with Gasteiger partial charge in [-0.1, -0.05) is 54.6 Å². The van der Waals surface area contributed by atoms with Gasteiger partial charge in [-0.25, -0.2) is 55.1 Å². The fourth-order valence-electron chi connectivity index (χ4n) is 14.1. The van der Waals surface area contributed by atoms with E-state index in [0.29, 0.717) is 78.8 Å². The predicted molar refractivity (Wildman–Crippen MR) is 451 cm³/mol. The number of halogens is 6. The number of rotatable bonds is 19. The van der Waals surface area contributed by atoms with Crippen molar-refractivity contribution in [3.05, 3.63) is 215 Å². The van der Waals surface area contributed by atoms with Crippen molar-refractivity contribution in [3.8, 4) is 73.9 Å². The Kier molecular flexibility index (Phi) is 29.1. The van der Waals surface area contributed by atoms with Gasteiger partial charge < -0.3 is 82.0 Å². The van der Waals surface area contributed by atoms with Crippen molar-refractivity contribution in [2.24, 2.45) is 0 Å². The molecular weight excluding hydrogens is 1630 g/mol. The number of hydrogen-bond acceptors (Lipinski definition) is 17. The van der Waals surface area contributed by atoms with E-state index in [1.165, 1.54) is 64.1 Å². The van der Waals surface area contributed by atoms with E-state index in [0.717, 1.165) is 36.4 Å². The van der Waals surface area contributed by atoms with Crippen molar-refractivity contribution in [3.63, 3.8) is 0 Å². The molecule has 0 unspecified atom stereocenters. The van der Waals surface area contributed by atoms with Gasteiger partial charge in [-0.2, -0.15) is 5.26 Å². The van der Waals surface area contributed by atoms with Gasteiger partial charge in [0.1, 0.15) is 57.2 Å². The molecule has 3 aliphatic rings. The maximum Gasteiger partial charge on any atom is 0.410 e. The summed E-state index contributed by atoms with van der Waals surface area (Å²) in [5, 5.41) is 26.1. The minimum Gasteiger partial charge on any atom is -0.477 e. The fourth-order valence-corrected chi connectivity index (χ4v) is 14.1. The molecule has 0 bridgehead atoms. The highest BCUT2D eigenvalue weighted by Gasteiger charge is 2.41. The van der Waals surface area contributed by atoms with Crippen molar-refractivity contribution >= 4 is 48.0 Å². The number of aromatic carboxylic acids is 1. The number of para-hydroxylation sites is 3. The SMILES string of the molecule is CC(C)(C)NC(=O)c1c(-c2ccc(Oc3c(F)cccc3F)cc2)cn([C@@H]2CCN(C(=O)OC(C)(C)C)C2)c1C(=O)O.CCOC(=O)c1c(C#N)c(-c2ccc(Oc3c(F)cccc3F)cc2)cn1[C@@H]1CCN(C(=O)OC(C)(C)C)C1.CCOC(=O)c1c(C(=O)NC(C)(C)C)c(-c2ccc(Oc3c(F)cccc3F)cc2)cn1[C@@H]1CCN(C(=O)OC(C)(C)C)C1. The Morgan fingerprint density at radius 3 is 0.960 bits per heavy atom. The first kappa shape index (κ1) is 94.0. The largest absolute Gasteiger partial charge is 0.477 e. The Morgan fingerprint density at radius 2 is 0.680 bits per heavy atom. The number of nitrogens with one attached hydrogen (secondary N) is 2. The zero-order chi connectivity index (χ0) is 91.7. The van der Waals surface area contributed by atoms with E-state index in [1.807, 2.05) is 20.8 Å². The number of amides is 5. The topological polar surface area (TPSA) is 303 Å². The molecule has 26 nitrogen and oxygen atoms in total. The van der Waals surface area contributed by atoms with Crippen molar-refractivity contribution < 1.29 is 108 Å². The van der Waals surface area contributed by atoms with E-state index < -0.39 is 134 Å². The minimum atomic E-state index is -1.30. The number of aromatic nitrogens is 3. The number of likely N-dealkylation sites (tertiary alicyclic amines) is 3. The van der Waals surface area contributed by atoms with E-state index in [4.69, 9.17) is 37.9 Å². The number of carbonyl (C=O) groups excluding carboxylic acids is 7. The number of hydrogen-bond donors (Lipinski definition) is 3. The molecule has 664 valence electrons. The summed E-state index contributed by atoms with van der Waals surface area (Å²) in [6.07, 6.45) is 5.11. The van der Waals surface area contributed by atoms with E-state index in [9.17, 15) is 75.1 Å². The molecular formula is C93H103F6N9O17. The van der Waals surface area contributed by atoms with E-state index in [1.54, 1.807) is 171 Å². The van der Waals surface area contributed by atoms with Crippen molar-refractivity contribution in [2.45, 2.75) is 183 Å². The van der Waals surface area contributed by atoms with Gasteiger partial charge in [-0.15, -0.1) is 0 Å².